The van der Waals surface area contributed by atoms with E-state index < -0.39 is 0 Å². The van der Waals surface area contributed by atoms with E-state index in [2.05, 4.69) is 0 Å². The molecule has 3 atom stereocenters. The van der Waals surface area contributed by atoms with E-state index >= 15 is 0 Å². The minimum absolute atomic E-state index is 0.0230. The molecule has 5 nitrogen and oxygen atoms in total. The topological polar surface area (TPSA) is 60.9 Å². The molecule has 2 aromatic rings. The normalized spacial score (nSPS) is 20.9. The van der Waals surface area contributed by atoms with Gasteiger partial charge in [-0.3, -0.25) is 9.59 Å². The maximum absolute atomic E-state index is 13.2. The van der Waals surface area contributed by atoms with Gasteiger partial charge in [0, 0.05) is 32.9 Å². The summed E-state index contributed by atoms with van der Waals surface area (Å²) in [7, 11) is 1.72. The molecule has 0 aromatic heterocycles. The van der Waals surface area contributed by atoms with E-state index in [4.69, 9.17) is 0 Å². The summed E-state index contributed by atoms with van der Waals surface area (Å²) < 4.78 is 13.2. The highest BCUT2D eigenvalue weighted by Crippen LogP contribution is 2.42. The molecule has 1 aliphatic heterocycles. The van der Waals surface area contributed by atoms with Gasteiger partial charge >= 0.3 is 0 Å². The van der Waals surface area contributed by atoms with Crippen molar-refractivity contribution in [3.8, 4) is 11.1 Å². The number of nitrogens with zero attached hydrogens (tertiary/aromatic N) is 2. The number of hydrogen-bond donors (Lipinski definition) is 1. The highest BCUT2D eigenvalue weighted by molar-refractivity contribution is 5.79. The van der Waals surface area contributed by atoms with Crippen LogP contribution >= 0.6 is 0 Å². The molecule has 1 aliphatic rings. The van der Waals surface area contributed by atoms with Crippen molar-refractivity contribution in [3.05, 3.63) is 59.9 Å². The second-order valence-corrected chi connectivity index (χ2v) is 7.53. The molecule has 154 valence electrons. The van der Waals surface area contributed by atoms with Crippen molar-refractivity contribution < 1.29 is 19.1 Å². The number of likely N-dealkylation sites (tertiary alicyclic amines) is 1. The second kappa shape index (κ2) is 8.74. The van der Waals surface area contributed by atoms with Gasteiger partial charge in [-0.25, -0.2) is 4.39 Å². The van der Waals surface area contributed by atoms with Crippen molar-refractivity contribution >= 4 is 11.8 Å². The van der Waals surface area contributed by atoms with Crippen LogP contribution in [0.2, 0.25) is 0 Å². The Morgan fingerprint density at radius 2 is 1.59 bits per heavy atom. The van der Waals surface area contributed by atoms with E-state index in [1.54, 1.807) is 35.9 Å². The Kier molecular flexibility index (Phi) is 6.33. The van der Waals surface area contributed by atoms with Gasteiger partial charge in [0.15, 0.2) is 0 Å². The number of amides is 2. The zero-order valence-corrected chi connectivity index (χ0v) is 17.0. The lowest BCUT2D eigenvalue weighted by atomic mass is 9.74. The first kappa shape index (κ1) is 21.0. The Morgan fingerprint density at radius 3 is 2.07 bits per heavy atom. The molecule has 2 amide bonds. The monoisotopic (exact) mass is 398 g/mol. The lowest BCUT2D eigenvalue weighted by molar-refractivity contribution is -0.153. The van der Waals surface area contributed by atoms with Gasteiger partial charge in [0.2, 0.25) is 11.8 Å². The summed E-state index contributed by atoms with van der Waals surface area (Å²) >= 11 is 0. The van der Waals surface area contributed by atoms with Gasteiger partial charge in [0.25, 0.3) is 0 Å². The van der Waals surface area contributed by atoms with Gasteiger partial charge in [-0.1, -0.05) is 43.3 Å². The Balaban J connectivity index is 1.88. The van der Waals surface area contributed by atoms with E-state index in [0.717, 1.165) is 16.7 Å². The average molecular weight is 398 g/mol. The summed E-state index contributed by atoms with van der Waals surface area (Å²) in [5.74, 6) is -0.416. The smallest absolute Gasteiger partial charge is 0.222 e. The van der Waals surface area contributed by atoms with Crippen LogP contribution in [0, 0.1) is 5.82 Å². The van der Waals surface area contributed by atoms with E-state index in [9.17, 15) is 19.1 Å². The van der Waals surface area contributed by atoms with Gasteiger partial charge in [-0.2, -0.15) is 0 Å². The van der Waals surface area contributed by atoms with Crippen molar-refractivity contribution in [1.82, 2.24) is 9.80 Å². The number of likely N-dealkylation sites (N-methyl/N-ethyl adjacent to an activating group) is 1. The molecule has 29 heavy (non-hydrogen) atoms. The van der Waals surface area contributed by atoms with Gasteiger partial charge in [-0.15, -0.1) is 0 Å². The molecule has 0 unspecified atom stereocenters. The lowest BCUT2D eigenvalue weighted by Gasteiger charge is -2.55. The Labute approximate surface area is 170 Å². The fraction of sp³-hybridized carbons (Fsp3) is 0.391. The number of carbonyl (C=O) groups excluding carboxylic acids is 2. The van der Waals surface area contributed by atoms with Crippen LogP contribution in [0.5, 0.6) is 0 Å². The summed E-state index contributed by atoms with van der Waals surface area (Å²) in [6.45, 7) is 3.59. The molecular weight excluding hydrogens is 371 g/mol. The number of halogens is 1. The van der Waals surface area contributed by atoms with Crippen molar-refractivity contribution in [2.75, 3.05) is 20.2 Å². The number of aliphatic hydroxyl groups is 1. The van der Waals surface area contributed by atoms with Crippen molar-refractivity contribution in [3.63, 3.8) is 0 Å². The molecule has 6 heteroatoms. The molecular formula is C23H27FN2O3. The molecule has 1 heterocycles. The SMILES string of the molecule is CCC(=O)N1[C@H](CN(C)C(C)=O)[C@@H](c2ccc(-c3ccc(F)cc3)cc2)[C@@H]1CO. The third-order valence-corrected chi connectivity index (χ3v) is 5.79. The molecule has 0 spiro atoms. The van der Waals surface area contributed by atoms with Crippen molar-refractivity contribution in [1.29, 1.82) is 0 Å². The summed E-state index contributed by atoms with van der Waals surface area (Å²) in [4.78, 5) is 27.5. The van der Waals surface area contributed by atoms with Crippen LogP contribution in [0.4, 0.5) is 4.39 Å². The fourth-order valence-electron chi connectivity index (χ4n) is 4.10. The summed E-state index contributed by atoms with van der Waals surface area (Å²) in [6, 6.07) is 13.8. The Bertz CT molecular complexity index is 867. The predicted octanol–water partition coefficient (Wildman–Crippen LogP) is 3.04. The third-order valence-electron chi connectivity index (χ3n) is 5.79. The van der Waals surface area contributed by atoms with Crippen LogP contribution in [-0.2, 0) is 9.59 Å². The van der Waals surface area contributed by atoms with Gasteiger partial charge in [0.05, 0.1) is 18.7 Å². The predicted molar refractivity (Wildman–Crippen MR) is 110 cm³/mol. The molecule has 0 bridgehead atoms. The third kappa shape index (κ3) is 4.17. The number of benzene rings is 2. The van der Waals surface area contributed by atoms with E-state index in [0.29, 0.717) is 13.0 Å². The summed E-state index contributed by atoms with van der Waals surface area (Å²) in [5.41, 5.74) is 2.89. The summed E-state index contributed by atoms with van der Waals surface area (Å²) in [5, 5.41) is 9.94. The van der Waals surface area contributed by atoms with Crippen LogP contribution in [0.3, 0.4) is 0 Å². The van der Waals surface area contributed by atoms with Gasteiger partial charge < -0.3 is 14.9 Å². The fourth-order valence-corrected chi connectivity index (χ4v) is 4.10. The van der Waals surface area contributed by atoms with Crippen molar-refractivity contribution in [2.24, 2.45) is 0 Å². The molecule has 0 aliphatic carbocycles. The van der Waals surface area contributed by atoms with Crippen LogP contribution in [0.15, 0.2) is 48.5 Å². The lowest BCUT2D eigenvalue weighted by Crippen LogP contribution is -2.68. The molecule has 1 saturated heterocycles. The second-order valence-electron chi connectivity index (χ2n) is 7.53. The van der Waals surface area contributed by atoms with Gasteiger partial charge in [0.1, 0.15) is 5.82 Å². The maximum atomic E-state index is 13.2. The number of rotatable bonds is 6. The number of aliphatic hydroxyl groups excluding tert-OH is 1. The summed E-state index contributed by atoms with van der Waals surface area (Å²) in [6.07, 6.45) is 0.354. The first-order chi connectivity index (χ1) is 13.9. The highest BCUT2D eigenvalue weighted by Gasteiger charge is 2.50. The van der Waals surface area contributed by atoms with Gasteiger partial charge in [-0.05, 0) is 28.8 Å². The molecule has 1 N–H and O–H groups in total. The first-order valence-corrected chi connectivity index (χ1v) is 9.87. The molecule has 3 rings (SSSR count). The largest absolute Gasteiger partial charge is 0.394 e. The minimum Gasteiger partial charge on any atom is -0.394 e. The highest BCUT2D eigenvalue weighted by atomic mass is 19.1. The van der Waals surface area contributed by atoms with Crippen LogP contribution in [0.25, 0.3) is 11.1 Å². The molecule has 2 aromatic carbocycles. The van der Waals surface area contributed by atoms with E-state index in [1.807, 2.05) is 24.3 Å². The first-order valence-electron chi connectivity index (χ1n) is 9.87. The van der Waals surface area contributed by atoms with Crippen molar-refractivity contribution in [2.45, 2.75) is 38.3 Å². The molecule has 1 fully saturated rings. The quantitative estimate of drug-likeness (QED) is 0.814. The van der Waals surface area contributed by atoms with E-state index in [1.165, 1.54) is 19.1 Å². The average Bonchev–Trinajstić information content (AvgIpc) is 2.71. The standard InChI is InChI=1S/C23H27FN2O3/c1-4-22(29)26-20(13-25(3)15(2)28)23(21(26)14-27)18-7-5-16(6-8-18)17-9-11-19(24)12-10-17/h5-12,20-21,23,27H,4,13-14H2,1-3H3/t20-,21+,23-/m1/s1. The number of hydrogen-bond acceptors (Lipinski definition) is 3. The zero-order chi connectivity index (χ0) is 21.1. The van der Waals surface area contributed by atoms with Crippen LogP contribution in [-0.4, -0.2) is 59.0 Å². The minimum atomic E-state index is -0.301. The Hall–Kier alpha value is -2.73. The molecule has 0 radical (unpaired) electrons. The van der Waals surface area contributed by atoms with Crippen LogP contribution < -0.4 is 0 Å². The Morgan fingerprint density at radius 1 is 1.03 bits per heavy atom. The number of carbonyl (C=O) groups is 2. The maximum Gasteiger partial charge on any atom is 0.222 e. The zero-order valence-electron chi connectivity index (χ0n) is 17.0. The molecule has 0 saturated carbocycles. The van der Waals surface area contributed by atoms with Crippen LogP contribution in [0.1, 0.15) is 31.7 Å². The van der Waals surface area contributed by atoms with E-state index in [-0.39, 0.29) is 42.2 Å².